The summed E-state index contributed by atoms with van der Waals surface area (Å²) in [5, 5.41) is 0. The van der Waals surface area contributed by atoms with Crippen LogP contribution < -0.4 is 5.73 Å². The van der Waals surface area contributed by atoms with Crippen LogP contribution in [0, 0.1) is 0 Å². The quantitative estimate of drug-likeness (QED) is 0.794. The van der Waals surface area contributed by atoms with E-state index in [0.717, 1.165) is 5.56 Å². The molecule has 1 aromatic rings. The molecule has 0 fully saturated rings. The molecule has 2 atom stereocenters. The van der Waals surface area contributed by atoms with Crippen LogP contribution in [-0.2, 0) is 22.0 Å². The van der Waals surface area contributed by atoms with Crippen molar-refractivity contribution in [3.63, 3.8) is 0 Å². The molecule has 0 bridgehead atoms. The summed E-state index contributed by atoms with van der Waals surface area (Å²) in [6, 6.07) is 9.04. The highest BCUT2D eigenvalue weighted by Gasteiger charge is 2.14. The fourth-order valence-electron chi connectivity index (χ4n) is 1.29. The van der Waals surface area contributed by atoms with E-state index in [9.17, 15) is 9.00 Å². The van der Waals surface area contributed by atoms with Crippen molar-refractivity contribution in [2.24, 2.45) is 5.73 Å². The number of hydrogen-bond donors (Lipinski definition) is 1. The normalized spacial score (nSPS) is 14.5. The Morgan fingerprint density at radius 3 is 2.53 bits per heavy atom. The third-order valence-corrected chi connectivity index (χ3v) is 2.75. The summed E-state index contributed by atoms with van der Waals surface area (Å²) in [5.41, 5.74) is 6.74. The maximum atomic E-state index is 11.4. The average molecular weight is 225 g/mol. The summed E-state index contributed by atoms with van der Waals surface area (Å²) in [6.07, 6.45) is 2.02. The smallest absolute Gasteiger partial charge is 0.162 e. The van der Waals surface area contributed by atoms with Gasteiger partial charge in [0.1, 0.15) is 0 Å². The third kappa shape index (κ3) is 4.36. The van der Waals surface area contributed by atoms with Crippen molar-refractivity contribution in [3.05, 3.63) is 35.9 Å². The van der Waals surface area contributed by atoms with Gasteiger partial charge in [0.2, 0.25) is 0 Å². The molecule has 15 heavy (non-hydrogen) atoms. The number of Topliss-reactive ketones (excluding diaryl/α,β-unsaturated/α-hetero) is 1. The predicted octanol–water partition coefficient (Wildman–Crippen LogP) is 0.504. The van der Waals surface area contributed by atoms with E-state index in [4.69, 9.17) is 5.73 Å². The first-order valence-corrected chi connectivity index (χ1v) is 6.44. The van der Waals surface area contributed by atoms with Crippen LogP contribution in [0.15, 0.2) is 30.3 Å². The lowest BCUT2D eigenvalue weighted by Gasteiger charge is -2.09. The van der Waals surface area contributed by atoms with E-state index in [1.165, 1.54) is 6.26 Å². The van der Waals surface area contributed by atoms with Crippen molar-refractivity contribution in [2.45, 2.75) is 12.5 Å². The largest absolute Gasteiger partial charge is 0.321 e. The van der Waals surface area contributed by atoms with Gasteiger partial charge in [-0.15, -0.1) is 0 Å². The standard InChI is InChI=1S/C11H15NO2S/c1-15(14)8-11(13)10(12)7-9-5-3-2-4-6-9/h2-6,10H,7-8,12H2,1H3/t10-,15?/m0/s1. The molecule has 0 aliphatic carbocycles. The summed E-state index contributed by atoms with van der Waals surface area (Å²) < 4.78 is 10.8. The lowest BCUT2D eigenvalue weighted by atomic mass is 10.0. The Labute approximate surface area is 92.1 Å². The highest BCUT2D eigenvalue weighted by Crippen LogP contribution is 2.02. The van der Waals surface area contributed by atoms with Gasteiger partial charge in [-0.25, -0.2) is 0 Å². The molecule has 1 aromatic carbocycles. The number of carbonyl (C=O) groups excluding carboxylic acids is 1. The molecule has 1 rings (SSSR count). The van der Waals surface area contributed by atoms with Gasteiger partial charge in [0.15, 0.2) is 5.78 Å². The van der Waals surface area contributed by atoms with Gasteiger partial charge in [-0.1, -0.05) is 30.3 Å². The molecular formula is C11H15NO2S. The number of ketones is 1. The Balaban J connectivity index is 2.52. The zero-order valence-electron chi connectivity index (χ0n) is 8.68. The van der Waals surface area contributed by atoms with Crippen LogP contribution in [0.25, 0.3) is 0 Å². The van der Waals surface area contributed by atoms with Gasteiger partial charge in [0, 0.05) is 17.1 Å². The first-order valence-electron chi connectivity index (χ1n) is 4.72. The highest BCUT2D eigenvalue weighted by molar-refractivity contribution is 7.85. The highest BCUT2D eigenvalue weighted by atomic mass is 32.2. The average Bonchev–Trinajstić information content (AvgIpc) is 2.18. The van der Waals surface area contributed by atoms with Gasteiger partial charge in [-0.3, -0.25) is 9.00 Å². The van der Waals surface area contributed by atoms with Crippen LogP contribution in [0.1, 0.15) is 5.56 Å². The van der Waals surface area contributed by atoms with E-state index in [1.54, 1.807) is 0 Å². The second kappa shape index (κ2) is 5.78. The molecule has 0 saturated heterocycles. The first-order chi connectivity index (χ1) is 7.09. The summed E-state index contributed by atoms with van der Waals surface area (Å²) in [4.78, 5) is 11.4. The summed E-state index contributed by atoms with van der Waals surface area (Å²) in [6.45, 7) is 0. The van der Waals surface area contributed by atoms with Crippen LogP contribution in [-0.4, -0.2) is 28.0 Å². The van der Waals surface area contributed by atoms with Crippen LogP contribution in [0.2, 0.25) is 0 Å². The minimum Gasteiger partial charge on any atom is -0.321 e. The number of hydrogen-bond acceptors (Lipinski definition) is 3. The molecule has 0 radical (unpaired) electrons. The number of carbonyl (C=O) groups is 1. The van der Waals surface area contributed by atoms with E-state index in [2.05, 4.69) is 0 Å². The predicted molar refractivity (Wildman–Crippen MR) is 62.1 cm³/mol. The lowest BCUT2D eigenvalue weighted by molar-refractivity contribution is -0.117. The van der Waals surface area contributed by atoms with Gasteiger partial charge < -0.3 is 5.73 Å². The molecule has 0 aromatic heterocycles. The molecule has 4 heteroatoms. The molecule has 0 heterocycles. The molecule has 3 nitrogen and oxygen atoms in total. The first kappa shape index (κ1) is 12.1. The minimum atomic E-state index is -1.10. The molecule has 0 spiro atoms. The van der Waals surface area contributed by atoms with Crippen LogP contribution in [0.3, 0.4) is 0 Å². The van der Waals surface area contributed by atoms with Crippen LogP contribution in [0.5, 0.6) is 0 Å². The topological polar surface area (TPSA) is 60.2 Å². The van der Waals surface area contributed by atoms with E-state index in [-0.39, 0.29) is 11.5 Å². The number of nitrogens with two attached hydrogens (primary N) is 1. The fourth-order valence-corrected chi connectivity index (χ4v) is 1.90. The van der Waals surface area contributed by atoms with Crippen LogP contribution >= 0.6 is 0 Å². The zero-order valence-corrected chi connectivity index (χ0v) is 9.50. The minimum absolute atomic E-state index is 0.0496. The maximum Gasteiger partial charge on any atom is 0.162 e. The van der Waals surface area contributed by atoms with Gasteiger partial charge in [0.05, 0.1) is 11.8 Å². The van der Waals surface area contributed by atoms with Crippen molar-refractivity contribution in [1.29, 1.82) is 0 Å². The molecule has 0 amide bonds. The Morgan fingerprint density at radius 2 is 2.00 bits per heavy atom. The molecular weight excluding hydrogens is 210 g/mol. The number of rotatable bonds is 5. The second-order valence-electron chi connectivity index (χ2n) is 3.48. The van der Waals surface area contributed by atoms with Crippen molar-refractivity contribution < 1.29 is 9.00 Å². The van der Waals surface area contributed by atoms with Crippen molar-refractivity contribution in [3.8, 4) is 0 Å². The van der Waals surface area contributed by atoms with E-state index in [0.29, 0.717) is 6.42 Å². The van der Waals surface area contributed by atoms with Gasteiger partial charge in [-0.2, -0.15) is 0 Å². The lowest BCUT2D eigenvalue weighted by Crippen LogP contribution is -2.35. The molecule has 0 aliphatic rings. The van der Waals surface area contributed by atoms with Crippen molar-refractivity contribution >= 4 is 16.6 Å². The van der Waals surface area contributed by atoms with E-state index >= 15 is 0 Å². The SMILES string of the molecule is CS(=O)CC(=O)[C@@H](N)Cc1ccccc1. The Kier molecular flexibility index (Phi) is 4.65. The maximum absolute atomic E-state index is 11.4. The summed E-state index contributed by atoms with van der Waals surface area (Å²) >= 11 is 0. The zero-order chi connectivity index (χ0) is 11.3. The van der Waals surface area contributed by atoms with Crippen molar-refractivity contribution in [1.82, 2.24) is 0 Å². The Morgan fingerprint density at radius 1 is 1.40 bits per heavy atom. The second-order valence-corrected chi connectivity index (χ2v) is 4.92. The molecule has 82 valence electrons. The van der Waals surface area contributed by atoms with Gasteiger partial charge in [0.25, 0.3) is 0 Å². The van der Waals surface area contributed by atoms with E-state index in [1.807, 2.05) is 30.3 Å². The van der Waals surface area contributed by atoms with E-state index < -0.39 is 16.8 Å². The van der Waals surface area contributed by atoms with Gasteiger partial charge >= 0.3 is 0 Å². The molecule has 0 aliphatic heterocycles. The van der Waals surface area contributed by atoms with Crippen LogP contribution in [0.4, 0.5) is 0 Å². The van der Waals surface area contributed by atoms with Crippen molar-refractivity contribution in [2.75, 3.05) is 12.0 Å². The number of benzene rings is 1. The molecule has 0 saturated carbocycles. The monoisotopic (exact) mass is 225 g/mol. The summed E-state index contributed by atoms with van der Waals surface area (Å²) in [5.74, 6) is -0.0896. The third-order valence-electron chi connectivity index (χ3n) is 2.06. The molecule has 1 unspecified atom stereocenters. The summed E-state index contributed by atoms with van der Waals surface area (Å²) in [7, 11) is -1.10. The van der Waals surface area contributed by atoms with Gasteiger partial charge in [-0.05, 0) is 12.0 Å². The Bertz CT molecular complexity index is 351. The Hall–Kier alpha value is -1.00. The molecule has 2 N–H and O–H groups in total. The fraction of sp³-hybridized carbons (Fsp3) is 0.364.